The Labute approximate surface area is 172 Å². The number of carboxylic acids is 1. The molecule has 142 valence electrons. The number of halogens is 3. The zero-order valence-corrected chi connectivity index (χ0v) is 16.5. The van der Waals surface area contributed by atoms with Gasteiger partial charge in [0.05, 0.1) is 10.0 Å². The van der Waals surface area contributed by atoms with Crippen LogP contribution in [0.15, 0.2) is 66.8 Å². The Morgan fingerprint density at radius 1 is 0.889 bits per heavy atom. The third-order valence-electron chi connectivity index (χ3n) is 2.82. The lowest BCUT2D eigenvalue weighted by Gasteiger charge is -2.08. The van der Waals surface area contributed by atoms with Gasteiger partial charge in [0.25, 0.3) is 0 Å². The average Bonchev–Trinajstić information content (AvgIpc) is 2.61. The fourth-order valence-corrected chi connectivity index (χ4v) is 2.07. The SMILES string of the molecule is C/C=C/C=C/C(=O)O.O=C(Nc1ccc(Cl)cc1)Nc1ccc(Cl)c(Cl)c1. The normalized spacial score (nSPS) is 10.4. The third kappa shape index (κ3) is 9.70. The van der Waals surface area contributed by atoms with E-state index in [2.05, 4.69) is 10.6 Å². The molecule has 2 aromatic carbocycles. The smallest absolute Gasteiger partial charge is 0.328 e. The highest BCUT2D eigenvalue weighted by Crippen LogP contribution is 2.25. The van der Waals surface area contributed by atoms with Gasteiger partial charge in [-0.05, 0) is 49.4 Å². The summed E-state index contributed by atoms with van der Waals surface area (Å²) in [5.74, 6) is -0.914. The summed E-state index contributed by atoms with van der Waals surface area (Å²) < 4.78 is 0. The van der Waals surface area contributed by atoms with Crippen molar-refractivity contribution in [2.45, 2.75) is 6.92 Å². The maximum absolute atomic E-state index is 11.7. The van der Waals surface area contributed by atoms with Gasteiger partial charge in [-0.25, -0.2) is 9.59 Å². The van der Waals surface area contributed by atoms with E-state index < -0.39 is 5.97 Å². The average molecular weight is 428 g/mol. The van der Waals surface area contributed by atoms with Crippen LogP contribution in [-0.4, -0.2) is 17.1 Å². The second-order valence-corrected chi connectivity index (χ2v) is 6.19. The Bertz CT molecular complexity index is 835. The molecule has 0 unspecified atom stereocenters. The summed E-state index contributed by atoms with van der Waals surface area (Å²) in [4.78, 5) is 21.5. The maximum Gasteiger partial charge on any atom is 0.328 e. The molecule has 5 nitrogen and oxygen atoms in total. The number of benzene rings is 2. The molecule has 0 aromatic heterocycles. The van der Waals surface area contributed by atoms with E-state index >= 15 is 0 Å². The first kappa shape index (κ1) is 22.6. The first-order valence-corrected chi connectivity index (χ1v) is 8.76. The second-order valence-electron chi connectivity index (χ2n) is 4.94. The highest BCUT2D eigenvalue weighted by atomic mass is 35.5. The Balaban J connectivity index is 0.000000387. The van der Waals surface area contributed by atoms with Crippen molar-refractivity contribution >= 4 is 58.2 Å². The third-order valence-corrected chi connectivity index (χ3v) is 3.81. The van der Waals surface area contributed by atoms with Crippen LogP contribution >= 0.6 is 34.8 Å². The molecule has 8 heteroatoms. The number of nitrogens with one attached hydrogen (secondary N) is 2. The minimum absolute atomic E-state index is 0.374. The Hall–Kier alpha value is -2.47. The van der Waals surface area contributed by atoms with E-state index in [9.17, 15) is 9.59 Å². The molecule has 0 bridgehead atoms. The number of urea groups is 1. The van der Waals surface area contributed by atoms with E-state index in [0.29, 0.717) is 26.4 Å². The fraction of sp³-hybridized carbons (Fsp3) is 0.0526. The van der Waals surface area contributed by atoms with E-state index in [1.165, 1.54) is 6.08 Å². The van der Waals surface area contributed by atoms with Gasteiger partial charge in [0.2, 0.25) is 0 Å². The summed E-state index contributed by atoms with van der Waals surface area (Å²) in [5.41, 5.74) is 1.20. The molecule has 3 N–H and O–H groups in total. The van der Waals surface area contributed by atoms with Crippen molar-refractivity contribution in [1.29, 1.82) is 0 Å². The lowest BCUT2D eigenvalue weighted by molar-refractivity contribution is -0.131. The number of hydrogen-bond donors (Lipinski definition) is 3. The molecule has 0 aliphatic rings. The summed E-state index contributed by atoms with van der Waals surface area (Å²) in [5, 5.41) is 14.8. The number of carbonyl (C=O) groups is 2. The number of rotatable bonds is 4. The number of amides is 2. The lowest BCUT2D eigenvalue weighted by atomic mass is 10.3. The summed E-state index contributed by atoms with van der Waals surface area (Å²) in [6.07, 6.45) is 5.98. The minimum atomic E-state index is -0.914. The Morgan fingerprint density at radius 2 is 1.48 bits per heavy atom. The monoisotopic (exact) mass is 426 g/mol. The molecule has 0 saturated heterocycles. The second kappa shape index (κ2) is 12.0. The van der Waals surface area contributed by atoms with Crippen LogP contribution in [0.2, 0.25) is 15.1 Å². The van der Waals surface area contributed by atoms with E-state index in [4.69, 9.17) is 39.9 Å². The number of anilines is 2. The fourth-order valence-electron chi connectivity index (χ4n) is 1.65. The topological polar surface area (TPSA) is 78.4 Å². The first-order valence-electron chi connectivity index (χ1n) is 7.62. The molecular weight excluding hydrogens is 411 g/mol. The van der Waals surface area contributed by atoms with Gasteiger partial charge in [-0.3, -0.25) is 0 Å². The van der Waals surface area contributed by atoms with Crippen LogP contribution in [0.1, 0.15) is 6.92 Å². The molecule has 2 amide bonds. The first-order chi connectivity index (χ1) is 12.8. The molecule has 0 saturated carbocycles. The van der Waals surface area contributed by atoms with Crippen LogP contribution in [0.4, 0.5) is 16.2 Å². The van der Waals surface area contributed by atoms with Crippen molar-refractivity contribution < 1.29 is 14.7 Å². The van der Waals surface area contributed by atoms with Crippen molar-refractivity contribution in [3.8, 4) is 0 Å². The van der Waals surface area contributed by atoms with Crippen molar-refractivity contribution in [3.05, 3.63) is 81.8 Å². The Morgan fingerprint density at radius 3 is 2.04 bits per heavy atom. The van der Waals surface area contributed by atoms with Crippen molar-refractivity contribution in [2.24, 2.45) is 0 Å². The molecule has 0 aliphatic carbocycles. The van der Waals surface area contributed by atoms with Crippen molar-refractivity contribution in [1.82, 2.24) is 0 Å². The predicted molar refractivity (Wildman–Crippen MR) is 112 cm³/mol. The zero-order valence-electron chi connectivity index (χ0n) is 14.2. The number of hydrogen-bond acceptors (Lipinski definition) is 2. The lowest BCUT2D eigenvalue weighted by Crippen LogP contribution is -2.19. The number of aliphatic carboxylic acids is 1. The molecule has 0 aliphatic heterocycles. The predicted octanol–water partition coefficient (Wildman–Crippen LogP) is 6.49. The molecular formula is C19H17Cl3N2O3. The van der Waals surface area contributed by atoms with Gasteiger partial charge in [0, 0.05) is 22.5 Å². The summed E-state index contributed by atoms with van der Waals surface area (Å²) in [6, 6.07) is 11.3. The summed E-state index contributed by atoms with van der Waals surface area (Å²) in [7, 11) is 0. The molecule has 0 fully saturated rings. The molecule has 0 atom stereocenters. The molecule has 2 aromatic rings. The van der Waals surface area contributed by atoms with Gasteiger partial charge in [-0.1, -0.05) is 53.0 Å². The molecule has 0 radical (unpaired) electrons. The van der Waals surface area contributed by atoms with Gasteiger partial charge < -0.3 is 15.7 Å². The highest BCUT2D eigenvalue weighted by Gasteiger charge is 2.04. The zero-order chi connectivity index (χ0) is 20.2. The Kier molecular flexibility index (Phi) is 10.0. The van der Waals surface area contributed by atoms with E-state index in [1.807, 2.05) is 6.92 Å². The van der Waals surface area contributed by atoms with Gasteiger partial charge >= 0.3 is 12.0 Å². The minimum Gasteiger partial charge on any atom is -0.478 e. The molecule has 27 heavy (non-hydrogen) atoms. The maximum atomic E-state index is 11.7. The van der Waals surface area contributed by atoms with Crippen LogP contribution < -0.4 is 10.6 Å². The quantitative estimate of drug-likeness (QED) is 0.385. The highest BCUT2D eigenvalue weighted by molar-refractivity contribution is 6.42. The van der Waals surface area contributed by atoms with Gasteiger partial charge in [0.15, 0.2) is 0 Å². The van der Waals surface area contributed by atoms with Crippen LogP contribution in [0.5, 0.6) is 0 Å². The van der Waals surface area contributed by atoms with Gasteiger partial charge in [-0.2, -0.15) is 0 Å². The molecule has 0 heterocycles. The van der Waals surface area contributed by atoms with E-state index in [1.54, 1.807) is 54.6 Å². The van der Waals surface area contributed by atoms with E-state index in [-0.39, 0.29) is 6.03 Å². The summed E-state index contributed by atoms with van der Waals surface area (Å²) in [6.45, 7) is 1.83. The standard InChI is InChI=1S/C13H9Cl3N2O.C6H8O2/c14-8-1-3-9(4-2-8)17-13(19)18-10-5-6-11(15)12(16)7-10;1-2-3-4-5-6(7)8/h1-7H,(H2,17,18,19);2-5H,1H3,(H,7,8)/b;3-2+,5-4+. The van der Waals surface area contributed by atoms with Crippen molar-refractivity contribution in [2.75, 3.05) is 10.6 Å². The molecule has 2 rings (SSSR count). The van der Waals surface area contributed by atoms with E-state index in [0.717, 1.165) is 6.08 Å². The number of carboxylic acid groups (broad SMARTS) is 1. The van der Waals surface area contributed by atoms with Crippen LogP contribution in [-0.2, 0) is 4.79 Å². The number of carbonyl (C=O) groups excluding carboxylic acids is 1. The van der Waals surface area contributed by atoms with Gasteiger partial charge in [-0.15, -0.1) is 0 Å². The van der Waals surface area contributed by atoms with Crippen LogP contribution in [0.25, 0.3) is 0 Å². The number of allylic oxidation sites excluding steroid dienone is 3. The van der Waals surface area contributed by atoms with Gasteiger partial charge in [0.1, 0.15) is 0 Å². The van der Waals surface area contributed by atoms with Crippen molar-refractivity contribution in [3.63, 3.8) is 0 Å². The largest absolute Gasteiger partial charge is 0.478 e. The summed E-state index contributed by atoms with van der Waals surface area (Å²) >= 11 is 17.4. The van der Waals surface area contributed by atoms with Crippen LogP contribution in [0, 0.1) is 0 Å². The molecule has 0 spiro atoms. The van der Waals surface area contributed by atoms with Crippen LogP contribution in [0.3, 0.4) is 0 Å².